The minimum Gasteiger partial charge on any atom is -0.459 e. The molecule has 176 valence electrons. The van der Waals surface area contributed by atoms with Gasteiger partial charge >= 0.3 is 5.97 Å². The molecule has 2 saturated heterocycles. The Morgan fingerprint density at radius 1 is 0.765 bits per heavy atom. The van der Waals surface area contributed by atoms with Gasteiger partial charge in [0.15, 0.2) is 11.5 Å². The molecule has 3 aromatic rings. The van der Waals surface area contributed by atoms with Crippen LogP contribution >= 0.6 is 0 Å². The Morgan fingerprint density at radius 2 is 1.53 bits per heavy atom. The van der Waals surface area contributed by atoms with E-state index in [1.807, 2.05) is 30.3 Å². The monoisotopic (exact) mass is 459 g/mol. The minimum absolute atomic E-state index is 0.0950. The van der Waals surface area contributed by atoms with Crippen molar-refractivity contribution in [2.45, 2.75) is 19.3 Å². The number of anilines is 2. The van der Waals surface area contributed by atoms with Gasteiger partial charge in [-0.05, 0) is 61.7 Å². The Hall–Kier alpha value is -3.74. The van der Waals surface area contributed by atoms with Crippen molar-refractivity contribution < 1.29 is 18.7 Å². The molecule has 2 aliphatic rings. The van der Waals surface area contributed by atoms with E-state index < -0.39 is 0 Å². The number of ether oxygens (including phenoxy) is 1. The van der Waals surface area contributed by atoms with Crippen molar-refractivity contribution in [3.63, 3.8) is 0 Å². The van der Waals surface area contributed by atoms with E-state index in [2.05, 4.69) is 15.9 Å². The Bertz CT molecular complexity index is 1120. The molecular weight excluding hydrogens is 430 g/mol. The first-order valence-corrected chi connectivity index (χ1v) is 11.9. The molecule has 2 aromatic carbocycles. The van der Waals surface area contributed by atoms with Gasteiger partial charge in [0.1, 0.15) is 0 Å². The molecule has 3 heterocycles. The number of esters is 1. The molecule has 7 heteroatoms. The van der Waals surface area contributed by atoms with Crippen LogP contribution in [0.15, 0.2) is 71.3 Å². The van der Waals surface area contributed by atoms with Crippen molar-refractivity contribution in [1.82, 2.24) is 4.90 Å². The largest absolute Gasteiger partial charge is 0.459 e. The van der Waals surface area contributed by atoms with Crippen LogP contribution in [0.25, 0.3) is 0 Å². The van der Waals surface area contributed by atoms with Gasteiger partial charge in [-0.2, -0.15) is 0 Å². The maximum atomic E-state index is 12.8. The zero-order valence-corrected chi connectivity index (χ0v) is 19.2. The summed E-state index contributed by atoms with van der Waals surface area (Å²) in [6, 6.07) is 18.5. The van der Waals surface area contributed by atoms with Crippen molar-refractivity contribution in [1.29, 1.82) is 0 Å². The van der Waals surface area contributed by atoms with E-state index in [0.29, 0.717) is 43.3 Å². The van der Waals surface area contributed by atoms with E-state index in [4.69, 9.17) is 9.15 Å². The average Bonchev–Trinajstić information content (AvgIpc) is 3.45. The molecule has 0 N–H and O–H groups in total. The van der Waals surface area contributed by atoms with Gasteiger partial charge in [-0.3, -0.25) is 4.79 Å². The lowest BCUT2D eigenvalue weighted by Gasteiger charge is -2.37. The summed E-state index contributed by atoms with van der Waals surface area (Å²) in [7, 11) is 0. The predicted molar refractivity (Wildman–Crippen MR) is 131 cm³/mol. The first-order chi connectivity index (χ1) is 16.7. The molecule has 0 bridgehead atoms. The van der Waals surface area contributed by atoms with Crippen molar-refractivity contribution in [2.24, 2.45) is 0 Å². The second kappa shape index (κ2) is 10.0. The topological polar surface area (TPSA) is 66.2 Å². The number of rotatable bonds is 5. The zero-order valence-electron chi connectivity index (χ0n) is 19.2. The first kappa shape index (κ1) is 22.1. The summed E-state index contributed by atoms with van der Waals surface area (Å²) in [6.07, 6.45) is 5.16. The summed E-state index contributed by atoms with van der Waals surface area (Å²) in [5, 5.41) is 0. The van der Waals surface area contributed by atoms with Gasteiger partial charge in [0, 0.05) is 45.0 Å². The Kier molecular flexibility index (Phi) is 6.51. The number of furan rings is 1. The summed E-state index contributed by atoms with van der Waals surface area (Å²) >= 11 is 0. The highest BCUT2D eigenvalue weighted by Gasteiger charge is 2.26. The normalized spacial score (nSPS) is 16.4. The summed E-state index contributed by atoms with van der Waals surface area (Å²) in [5.74, 6) is 0.431. The van der Waals surface area contributed by atoms with Gasteiger partial charge in [0.25, 0.3) is 5.91 Å². The first-order valence-electron chi connectivity index (χ1n) is 11.9. The molecule has 5 rings (SSSR count). The second-order valence-corrected chi connectivity index (χ2v) is 8.71. The fourth-order valence-corrected chi connectivity index (χ4v) is 4.63. The number of piperazine rings is 1. The number of carbonyl (C=O) groups is 2. The number of amides is 1. The molecule has 1 aromatic heterocycles. The third-order valence-corrected chi connectivity index (χ3v) is 6.52. The molecular formula is C27H29N3O4. The molecule has 2 fully saturated rings. The smallest absolute Gasteiger partial charge is 0.343 e. The summed E-state index contributed by atoms with van der Waals surface area (Å²) < 4.78 is 11.1. The van der Waals surface area contributed by atoms with E-state index in [9.17, 15) is 9.59 Å². The SMILES string of the molecule is O=C(Oc1ccc(N2CCCCC2)cc1N1CCN(C(=O)c2ccco2)CC1)c1ccccc1. The molecule has 0 aliphatic carbocycles. The molecule has 0 radical (unpaired) electrons. The number of piperidine rings is 1. The van der Waals surface area contributed by atoms with Crippen molar-refractivity contribution in [3.8, 4) is 5.75 Å². The molecule has 0 atom stereocenters. The Balaban J connectivity index is 1.37. The zero-order chi connectivity index (χ0) is 23.3. The number of carbonyl (C=O) groups excluding carboxylic acids is 2. The maximum absolute atomic E-state index is 12.8. The van der Waals surface area contributed by atoms with Gasteiger partial charge in [0.05, 0.1) is 17.5 Å². The van der Waals surface area contributed by atoms with Crippen LogP contribution in [0.2, 0.25) is 0 Å². The lowest BCUT2D eigenvalue weighted by molar-refractivity contribution is 0.0714. The number of nitrogens with zero attached hydrogens (tertiary/aromatic N) is 3. The standard InChI is InChI=1S/C27H29N3O4/c31-26(25-10-7-19-33-25)30-17-15-29(16-18-30)23-20-22(28-13-5-2-6-14-28)11-12-24(23)34-27(32)21-8-3-1-4-9-21/h1,3-4,7-12,19-20H,2,5-6,13-18H2. The minimum atomic E-state index is -0.376. The summed E-state index contributed by atoms with van der Waals surface area (Å²) in [5.41, 5.74) is 2.54. The summed E-state index contributed by atoms with van der Waals surface area (Å²) in [4.78, 5) is 31.9. The fourth-order valence-electron chi connectivity index (χ4n) is 4.63. The van der Waals surface area contributed by atoms with E-state index in [-0.39, 0.29) is 11.9 Å². The lowest BCUT2D eigenvalue weighted by atomic mass is 10.1. The quantitative estimate of drug-likeness (QED) is 0.415. The molecule has 0 spiro atoms. The molecule has 7 nitrogen and oxygen atoms in total. The van der Waals surface area contributed by atoms with Crippen LogP contribution in [0.3, 0.4) is 0 Å². The average molecular weight is 460 g/mol. The van der Waals surface area contributed by atoms with Crippen molar-refractivity contribution in [3.05, 3.63) is 78.3 Å². The van der Waals surface area contributed by atoms with Gasteiger partial charge in [-0.25, -0.2) is 4.79 Å². The van der Waals surface area contributed by atoms with Crippen LogP contribution in [0.5, 0.6) is 5.75 Å². The van der Waals surface area contributed by atoms with Gasteiger partial charge in [-0.15, -0.1) is 0 Å². The molecule has 2 aliphatic heterocycles. The van der Waals surface area contributed by atoms with Crippen LogP contribution in [0.1, 0.15) is 40.2 Å². The maximum Gasteiger partial charge on any atom is 0.343 e. The number of benzene rings is 2. The Morgan fingerprint density at radius 3 is 2.24 bits per heavy atom. The van der Waals surface area contributed by atoms with Crippen molar-refractivity contribution >= 4 is 23.3 Å². The molecule has 1 amide bonds. The third-order valence-electron chi connectivity index (χ3n) is 6.52. The van der Waals surface area contributed by atoms with Crippen LogP contribution in [0.4, 0.5) is 11.4 Å². The molecule has 34 heavy (non-hydrogen) atoms. The summed E-state index contributed by atoms with van der Waals surface area (Å²) in [6.45, 7) is 4.50. The van der Waals surface area contributed by atoms with Gasteiger partial charge in [-0.1, -0.05) is 18.2 Å². The fraction of sp³-hybridized carbons (Fsp3) is 0.333. The third kappa shape index (κ3) is 4.78. The Labute approximate surface area is 199 Å². The second-order valence-electron chi connectivity index (χ2n) is 8.71. The van der Waals surface area contributed by atoms with Crippen LogP contribution in [-0.4, -0.2) is 56.0 Å². The van der Waals surface area contributed by atoms with E-state index in [0.717, 1.165) is 24.5 Å². The number of hydrogen-bond donors (Lipinski definition) is 0. The van der Waals surface area contributed by atoms with E-state index in [1.54, 1.807) is 29.2 Å². The molecule has 0 unspecified atom stereocenters. The lowest BCUT2D eigenvalue weighted by Crippen LogP contribution is -2.48. The van der Waals surface area contributed by atoms with Crippen molar-refractivity contribution in [2.75, 3.05) is 49.1 Å². The van der Waals surface area contributed by atoms with Gasteiger partial charge in [0.2, 0.25) is 0 Å². The highest BCUT2D eigenvalue weighted by Crippen LogP contribution is 2.35. The van der Waals surface area contributed by atoms with Gasteiger partial charge < -0.3 is 23.9 Å². The highest BCUT2D eigenvalue weighted by atomic mass is 16.5. The number of hydrogen-bond acceptors (Lipinski definition) is 6. The predicted octanol–water partition coefficient (Wildman–Crippen LogP) is 4.45. The van der Waals surface area contributed by atoms with Crippen LogP contribution in [-0.2, 0) is 0 Å². The highest BCUT2D eigenvalue weighted by molar-refractivity contribution is 5.92. The van der Waals surface area contributed by atoms with E-state index >= 15 is 0 Å². The van der Waals surface area contributed by atoms with Crippen LogP contribution < -0.4 is 14.5 Å². The molecule has 0 saturated carbocycles. The van der Waals surface area contributed by atoms with E-state index in [1.165, 1.54) is 25.5 Å². The van der Waals surface area contributed by atoms with Crippen LogP contribution in [0, 0.1) is 0 Å².